The minimum atomic E-state index is -0.196. The number of pyridine rings is 1. The van der Waals surface area contributed by atoms with Crippen molar-refractivity contribution in [2.45, 2.75) is 26.3 Å². The summed E-state index contributed by atoms with van der Waals surface area (Å²) in [6, 6.07) is 9.04. The van der Waals surface area contributed by atoms with E-state index in [1.54, 1.807) is 13.0 Å². The molecule has 1 aromatic carbocycles. The van der Waals surface area contributed by atoms with Gasteiger partial charge >= 0.3 is 0 Å². The van der Waals surface area contributed by atoms with E-state index in [0.717, 1.165) is 21.4 Å². The zero-order valence-corrected chi connectivity index (χ0v) is 12.2. The predicted octanol–water partition coefficient (Wildman–Crippen LogP) is 1.97. The quantitative estimate of drug-likeness (QED) is 0.665. The molecule has 1 amide bonds. The lowest BCUT2D eigenvalue weighted by Gasteiger charge is -2.13. The molecule has 1 heterocycles. The molecule has 21 heavy (non-hydrogen) atoms. The molecule has 3 N–H and O–H groups in total. The second-order valence-electron chi connectivity index (χ2n) is 5.23. The summed E-state index contributed by atoms with van der Waals surface area (Å²) >= 11 is 0. The van der Waals surface area contributed by atoms with E-state index in [2.05, 4.69) is 5.32 Å². The average molecular weight is 285 g/mol. The Hall–Kier alpha value is -2.40. The van der Waals surface area contributed by atoms with Crippen molar-refractivity contribution in [3.8, 4) is 11.1 Å². The van der Waals surface area contributed by atoms with Crippen molar-refractivity contribution in [3.63, 3.8) is 0 Å². The van der Waals surface area contributed by atoms with Crippen molar-refractivity contribution >= 4 is 11.6 Å². The van der Waals surface area contributed by atoms with E-state index in [0.29, 0.717) is 5.69 Å². The van der Waals surface area contributed by atoms with Gasteiger partial charge in [0, 0.05) is 35.3 Å². The van der Waals surface area contributed by atoms with Gasteiger partial charge in [-0.1, -0.05) is 12.1 Å². The smallest absolute Gasteiger partial charge is 0.225 e. The summed E-state index contributed by atoms with van der Waals surface area (Å²) < 4.78 is 0.739. The number of hydrogen-bond donors (Lipinski definition) is 2. The van der Waals surface area contributed by atoms with Gasteiger partial charge in [0.2, 0.25) is 5.91 Å². The minimum Gasteiger partial charge on any atom is -0.619 e. The Labute approximate surface area is 124 Å². The number of carbonyl (C=O) groups excluding carboxylic acids is 1. The molecule has 1 unspecified atom stereocenters. The highest BCUT2D eigenvalue weighted by Crippen LogP contribution is 2.28. The number of nitrogens with two attached hydrogens (primary N) is 1. The van der Waals surface area contributed by atoms with Crippen LogP contribution in [0.4, 0.5) is 5.69 Å². The van der Waals surface area contributed by atoms with Crippen molar-refractivity contribution in [1.29, 1.82) is 0 Å². The molecule has 0 saturated carbocycles. The molecule has 2 aromatic rings. The molecule has 0 aliphatic heterocycles. The lowest BCUT2D eigenvalue weighted by Crippen LogP contribution is -2.25. The first-order valence-electron chi connectivity index (χ1n) is 6.81. The second kappa shape index (κ2) is 6.37. The maximum Gasteiger partial charge on any atom is 0.225 e. The van der Waals surface area contributed by atoms with Crippen molar-refractivity contribution in [3.05, 3.63) is 53.5 Å². The van der Waals surface area contributed by atoms with Crippen LogP contribution in [-0.2, 0) is 4.79 Å². The van der Waals surface area contributed by atoms with E-state index in [4.69, 9.17) is 5.73 Å². The van der Waals surface area contributed by atoms with E-state index in [-0.39, 0.29) is 18.4 Å². The number of aromatic nitrogens is 1. The number of amides is 1. The van der Waals surface area contributed by atoms with E-state index in [1.165, 1.54) is 12.4 Å². The fourth-order valence-electron chi connectivity index (χ4n) is 2.12. The molecule has 0 aliphatic rings. The van der Waals surface area contributed by atoms with Gasteiger partial charge in [-0.2, -0.15) is 4.73 Å². The molecule has 2 rings (SSSR count). The van der Waals surface area contributed by atoms with Gasteiger partial charge in [0.1, 0.15) is 0 Å². The molecule has 5 heteroatoms. The number of rotatable bonds is 4. The highest BCUT2D eigenvalue weighted by atomic mass is 16.5. The topological polar surface area (TPSA) is 82.1 Å². The number of anilines is 1. The summed E-state index contributed by atoms with van der Waals surface area (Å²) in [6.45, 7) is 3.73. The molecular weight excluding hydrogens is 266 g/mol. The Balaban J connectivity index is 2.36. The van der Waals surface area contributed by atoms with Gasteiger partial charge in [0.05, 0.1) is 0 Å². The lowest BCUT2D eigenvalue weighted by molar-refractivity contribution is -0.604. The van der Waals surface area contributed by atoms with Crippen LogP contribution in [0.1, 0.15) is 18.9 Å². The van der Waals surface area contributed by atoms with E-state index in [9.17, 15) is 10.0 Å². The summed E-state index contributed by atoms with van der Waals surface area (Å²) in [7, 11) is 0. The van der Waals surface area contributed by atoms with Crippen molar-refractivity contribution < 1.29 is 9.52 Å². The normalized spacial score (nSPS) is 12.0. The maximum atomic E-state index is 11.9. The summed E-state index contributed by atoms with van der Waals surface area (Å²) in [4.78, 5) is 11.9. The Bertz CT molecular complexity index is 654. The molecule has 0 bridgehead atoms. The number of hydrogen-bond acceptors (Lipinski definition) is 3. The van der Waals surface area contributed by atoms with Crippen molar-refractivity contribution in [2.24, 2.45) is 5.73 Å². The fourth-order valence-corrected chi connectivity index (χ4v) is 2.12. The maximum absolute atomic E-state index is 11.9. The highest BCUT2D eigenvalue weighted by molar-refractivity contribution is 5.95. The first-order chi connectivity index (χ1) is 9.95. The Morgan fingerprint density at radius 2 is 2.19 bits per heavy atom. The second-order valence-corrected chi connectivity index (χ2v) is 5.23. The number of benzene rings is 1. The van der Waals surface area contributed by atoms with Crippen LogP contribution in [0.2, 0.25) is 0 Å². The Kier molecular flexibility index (Phi) is 4.55. The number of nitrogens with one attached hydrogen (secondary N) is 1. The molecule has 0 radical (unpaired) electrons. The van der Waals surface area contributed by atoms with Gasteiger partial charge in [-0.25, -0.2) is 0 Å². The van der Waals surface area contributed by atoms with Gasteiger partial charge in [-0.05, 0) is 31.5 Å². The van der Waals surface area contributed by atoms with Crippen LogP contribution in [0.3, 0.4) is 0 Å². The number of nitrogens with zero attached hydrogens (tertiary/aromatic N) is 1. The lowest BCUT2D eigenvalue weighted by atomic mass is 10.0. The predicted molar refractivity (Wildman–Crippen MR) is 82.5 cm³/mol. The molecule has 5 nitrogen and oxygen atoms in total. The molecular formula is C16H19N3O2. The zero-order valence-electron chi connectivity index (χ0n) is 12.2. The minimum absolute atomic E-state index is 0.136. The summed E-state index contributed by atoms with van der Waals surface area (Å²) in [5.41, 5.74) is 8.92. The summed E-state index contributed by atoms with van der Waals surface area (Å²) in [5.74, 6) is -0.136. The molecule has 0 aliphatic carbocycles. The van der Waals surface area contributed by atoms with Crippen LogP contribution in [0, 0.1) is 12.1 Å². The number of aryl methyl sites for hydroxylation is 1. The fraction of sp³-hybridized carbons (Fsp3) is 0.250. The highest BCUT2D eigenvalue weighted by Gasteiger charge is 2.12. The van der Waals surface area contributed by atoms with E-state index < -0.39 is 0 Å². The van der Waals surface area contributed by atoms with Crippen LogP contribution < -0.4 is 15.8 Å². The van der Waals surface area contributed by atoms with Crippen LogP contribution in [0.5, 0.6) is 0 Å². The molecule has 1 aromatic heterocycles. The van der Waals surface area contributed by atoms with Crippen LogP contribution in [0.15, 0.2) is 42.7 Å². The molecule has 1 atom stereocenters. The van der Waals surface area contributed by atoms with Gasteiger partial charge in [0.15, 0.2) is 12.4 Å². The van der Waals surface area contributed by atoms with Crippen molar-refractivity contribution in [2.75, 3.05) is 5.32 Å². The van der Waals surface area contributed by atoms with Crippen LogP contribution in [0.25, 0.3) is 11.1 Å². The number of carbonyl (C=O) groups is 1. The zero-order chi connectivity index (χ0) is 15.4. The molecule has 0 spiro atoms. The third kappa shape index (κ3) is 4.03. The van der Waals surface area contributed by atoms with Crippen LogP contribution in [-0.4, -0.2) is 11.9 Å². The Morgan fingerprint density at radius 1 is 1.43 bits per heavy atom. The average Bonchev–Trinajstić information content (AvgIpc) is 2.37. The van der Waals surface area contributed by atoms with Gasteiger partial charge < -0.3 is 16.3 Å². The monoisotopic (exact) mass is 285 g/mol. The molecule has 0 saturated heterocycles. The molecule has 0 fully saturated rings. The largest absolute Gasteiger partial charge is 0.619 e. The third-order valence-corrected chi connectivity index (χ3v) is 3.04. The molecule has 110 valence electrons. The van der Waals surface area contributed by atoms with Gasteiger partial charge in [0.25, 0.3) is 0 Å². The SMILES string of the molecule is Cc1ccc(-c2ccc[n+]([O-])c2)c(NC(=O)CC(C)N)c1. The van der Waals surface area contributed by atoms with Crippen molar-refractivity contribution in [1.82, 2.24) is 0 Å². The summed E-state index contributed by atoms with van der Waals surface area (Å²) in [6.07, 6.45) is 3.15. The van der Waals surface area contributed by atoms with E-state index in [1.807, 2.05) is 31.2 Å². The first-order valence-corrected chi connectivity index (χ1v) is 6.81. The van der Waals surface area contributed by atoms with Gasteiger partial charge in [-0.3, -0.25) is 4.79 Å². The third-order valence-electron chi connectivity index (χ3n) is 3.04. The van der Waals surface area contributed by atoms with E-state index >= 15 is 0 Å². The van der Waals surface area contributed by atoms with Crippen LogP contribution >= 0.6 is 0 Å². The standard InChI is InChI=1S/C16H19N3O2/c1-11-5-6-14(13-4-3-7-19(21)10-13)15(8-11)18-16(20)9-12(2)17/h3-8,10,12H,9,17H2,1-2H3,(H,18,20). The Morgan fingerprint density at radius 3 is 2.86 bits per heavy atom. The first kappa shape index (κ1) is 15.0. The summed E-state index contributed by atoms with van der Waals surface area (Å²) in [5, 5.41) is 14.3. The van der Waals surface area contributed by atoms with Gasteiger partial charge in [-0.15, -0.1) is 0 Å².